The Kier molecular flexibility index (Phi) is 5.08. The molecule has 0 aliphatic rings. The zero-order chi connectivity index (χ0) is 9.56. The van der Waals surface area contributed by atoms with Gasteiger partial charge in [-0.15, -0.1) is 0 Å². The monoisotopic (exact) mass is 172 g/mol. The van der Waals surface area contributed by atoms with E-state index in [1.54, 1.807) is 19.0 Å². The highest BCUT2D eigenvalue weighted by Crippen LogP contribution is 1.93. The van der Waals surface area contributed by atoms with Gasteiger partial charge in [-0.3, -0.25) is 0 Å². The molecule has 0 saturated heterocycles. The number of carbonyl (C=O) groups excluding carboxylic acids is 2. The quantitative estimate of drug-likeness (QED) is 0.582. The molecule has 0 aromatic rings. The molecule has 0 N–H and O–H groups in total. The van der Waals surface area contributed by atoms with Gasteiger partial charge in [0.05, 0.1) is 6.54 Å². The first-order valence-corrected chi connectivity index (χ1v) is 4.03. The van der Waals surface area contributed by atoms with Crippen molar-refractivity contribution in [3.8, 4) is 0 Å². The predicted molar refractivity (Wildman–Crippen MR) is 47.0 cm³/mol. The Morgan fingerprint density at radius 1 is 1.33 bits per heavy atom. The highest BCUT2D eigenvalue weighted by atomic mass is 16.2. The van der Waals surface area contributed by atoms with Crippen LogP contribution >= 0.6 is 0 Å². The maximum absolute atomic E-state index is 11.3. The number of nitrogens with zero attached hydrogens (tertiary/aromatic N) is 2. The summed E-state index contributed by atoms with van der Waals surface area (Å²) in [5, 5.41) is 0. The molecule has 0 saturated carbocycles. The lowest BCUT2D eigenvalue weighted by Gasteiger charge is -2.22. The fourth-order valence-corrected chi connectivity index (χ4v) is 0.912. The van der Waals surface area contributed by atoms with Gasteiger partial charge >= 0.3 is 6.03 Å². The number of amides is 2. The van der Waals surface area contributed by atoms with E-state index in [4.69, 9.17) is 0 Å². The van der Waals surface area contributed by atoms with Crippen LogP contribution in [0.1, 0.15) is 13.3 Å². The molecular weight excluding hydrogens is 156 g/mol. The molecule has 4 nitrogen and oxygen atoms in total. The van der Waals surface area contributed by atoms with Crippen LogP contribution in [0.2, 0.25) is 0 Å². The molecule has 12 heavy (non-hydrogen) atoms. The minimum Gasteiger partial charge on any atom is -0.328 e. The maximum Gasteiger partial charge on any atom is 0.319 e. The zero-order valence-electron chi connectivity index (χ0n) is 7.91. The van der Waals surface area contributed by atoms with E-state index in [1.165, 1.54) is 4.90 Å². The Balaban J connectivity index is 3.90. The molecule has 0 aromatic carbocycles. The highest BCUT2D eigenvalue weighted by Gasteiger charge is 2.11. The fraction of sp³-hybridized carbons (Fsp3) is 0.750. The number of hydrogen-bond donors (Lipinski definition) is 0. The SMILES string of the molecule is CCCN(C)C(=O)N(C)CC=O. The van der Waals surface area contributed by atoms with Gasteiger partial charge in [0.15, 0.2) is 0 Å². The summed E-state index contributed by atoms with van der Waals surface area (Å²) < 4.78 is 0. The van der Waals surface area contributed by atoms with Gasteiger partial charge in [0, 0.05) is 20.6 Å². The Morgan fingerprint density at radius 3 is 2.33 bits per heavy atom. The summed E-state index contributed by atoms with van der Waals surface area (Å²) in [6.45, 7) is 2.89. The van der Waals surface area contributed by atoms with Crippen LogP contribution < -0.4 is 0 Å². The average molecular weight is 172 g/mol. The summed E-state index contributed by atoms with van der Waals surface area (Å²) in [7, 11) is 3.34. The molecule has 0 rings (SSSR count). The molecule has 0 aliphatic heterocycles. The van der Waals surface area contributed by atoms with E-state index >= 15 is 0 Å². The maximum atomic E-state index is 11.3. The van der Waals surface area contributed by atoms with Crippen LogP contribution in [0.3, 0.4) is 0 Å². The minimum atomic E-state index is -0.107. The third kappa shape index (κ3) is 3.37. The lowest BCUT2D eigenvalue weighted by atomic mass is 10.4. The van der Waals surface area contributed by atoms with Crippen molar-refractivity contribution >= 4 is 12.3 Å². The van der Waals surface area contributed by atoms with Gasteiger partial charge in [-0.2, -0.15) is 0 Å². The molecule has 0 unspecified atom stereocenters. The molecule has 0 heterocycles. The topological polar surface area (TPSA) is 40.6 Å². The van der Waals surface area contributed by atoms with Crippen molar-refractivity contribution in [2.45, 2.75) is 13.3 Å². The van der Waals surface area contributed by atoms with Gasteiger partial charge in [-0.25, -0.2) is 4.79 Å². The zero-order valence-corrected chi connectivity index (χ0v) is 7.91. The Morgan fingerprint density at radius 2 is 1.92 bits per heavy atom. The standard InChI is InChI=1S/C8H16N2O2/c1-4-5-9(2)8(12)10(3)6-7-11/h7H,4-6H2,1-3H3. The number of aldehydes is 1. The number of hydrogen-bond acceptors (Lipinski definition) is 2. The van der Waals surface area contributed by atoms with Crippen molar-refractivity contribution in [1.29, 1.82) is 0 Å². The fourth-order valence-electron chi connectivity index (χ4n) is 0.912. The van der Waals surface area contributed by atoms with E-state index in [0.717, 1.165) is 19.3 Å². The number of rotatable bonds is 4. The van der Waals surface area contributed by atoms with E-state index in [0.29, 0.717) is 0 Å². The average Bonchev–Trinajstić information content (AvgIpc) is 2.04. The second-order valence-corrected chi connectivity index (χ2v) is 2.75. The molecule has 0 aliphatic carbocycles. The Labute approximate surface area is 73.1 Å². The summed E-state index contributed by atoms with van der Waals surface area (Å²) in [5.41, 5.74) is 0. The molecule has 0 bridgehead atoms. The van der Waals surface area contributed by atoms with E-state index in [9.17, 15) is 9.59 Å². The summed E-state index contributed by atoms with van der Waals surface area (Å²) >= 11 is 0. The van der Waals surface area contributed by atoms with Gasteiger partial charge in [-0.05, 0) is 6.42 Å². The second-order valence-electron chi connectivity index (χ2n) is 2.75. The Hall–Kier alpha value is -1.06. The van der Waals surface area contributed by atoms with Crippen molar-refractivity contribution in [3.05, 3.63) is 0 Å². The third-order valence-electron chi connectivity index (χ3n) is 1.56. The van der Waals surface area contributed by atoms with Crippen LogP contribution in [0.5, 0.6) is 0 Å². The summed E-state index contributed by atoms with van der Waals surface area (Å²) in [6.07, 6.45) is 1.65. The van der Waals surface area contributed by atoms with Gasteiger partial charge in [0.1, 0.15) is 6.29 Å². The summed E-state index contributed by atoms with van der Waals surface area (Å²) in [4.78, 5) is 24.4. The molecule has 0 spiro atoms. The van der Waals surface area contributed by atoms with E-state index < -0.39 is 0 Å². The van der Waals surface area contributed by atoms with E-state index in [-0.39, 0.29) is 12.6 Å². The number of urea groups is 1. The lowest BCUT2D eigenvalue weighted by Crippen LogP contribution is -2.39. The van der Waals surface area contributed by atoms with Crippen molar-refractivity contribution in [2.24, 2.45) is 0 Å². The predicted octanol–water partition coefficient (Wildman–Crippen LogP) is 0.579. The third-order valence-corrected chi connectivity index (χ3v) is 1.56. The molecule has 4 heteroatoms. The molecular formula is C8H16N2O2. The van der Waals surface area contributed by atoms with Gasteiger partial charge in [0.2, 0.25) is 0 Å². The highest BCUT2D eigenvalue weighted by molar-refractivity contribution is 5.76. The first-order chi connectivity index (χ1) is 5.63. The Bertz CT molecular complexity index is 159. The van der Waals surface area contributed by atoms with Gasteiger partial charge in [-0.1, -0.05) is 6.92 Å². The van der Waals surface area contributed by atoms with Crippen LogP contribution in [-0.4, -0.2) is 49.3 Å². The number of likely N-dealkylation sites (N-methyl/N-ethyl adjacent to an activating group) is 1. The number of carbonyl (C=O) groups is 2. The van der Waals surface area contributed by atoms with Crippen molar-refractivity contribution in [3.63, 3.8) is 0 Å². The molecule has 0 aromatic heterocycles. The normalized spacial score (nSPS) is 9.25. The summed E-state index contributed by atoms with van der Waals surface area (Å²) in [5.74, 6) is 0. The molecule has 0 fully saturated rings. The van der Waals surface area contributed by atoms with Crippen LogP contribution in [0.25, 0.3) is 0 Å². The molecule has 0 atom stereocenters. The van der Waals surface area contributed by atoms with Crippen molar-refractivity contribution < 1.29 is 9.59 Å². The van der Waals surface area contributed by atoms with E-state index in [2.05, 4.69) is 0 Å². The van der Waals surface area contributed by atoms with E-state index in [1.807, 2.05) is 6.92 Å². The van der Waals surface area contributed by atoms with Crippen LogP contribution in [0, 0.1) is 0 Å². The lowest BCUT2D eigenvalue weighted by molar-refractivity contribution is -0.108. The van der Waals surface area contributed by atoms with Crippen LogP contribution in [0.15, 0.2) is 0 Å². The minimum absolute atomic E-state index is 0.107. The first kappa shape index (κ1) is 10.9. The van der Waals surface area contributed by atoms with Gasteiger partial charge in [0.25, 0.3) is 0 Å². The largest absolute Gasteiger partial charge is 0.328 e. The van der Waals surface area contributed by atoms with Crippen molar-refractivity contribution in [2.75, 3.05) is 27.2 Å². The smallest absolute Gasteiger partial charge is 0.319 e. The first-order valence-electron chi connectivity index (χ1n) is 4.03. The van der Waals surface area contributed by atoms with Crippen LogP contribution in [0.4, 0.5) is 4.79 Å². The summed E-state index contributed by atoms with van der Waals surface area (Å²) in [6, 6.07) is -0.107. The van der Waals surface area contributed by atoms with Crippen molar-refractivity contribution in [1.82, 2.24) is 9.80 Å². The molecule has 0 radical (unpaired) electrons. The van der Waals surface area contributed by atoms with Gasteiger partial charge < -0.3 is 14.6 Å². The molecule has 2 amide bonds. The molecule has 70 valence electrons. The second kappa shape index (κ2) is 5.57. The van der Waals surface area contributed by atoms with Crippen LogP contribution in [-0.2, 0) is 4.79 Å².